The van der Waals surface area contributed by atoms with Crippen molar-refractivity contribution in [3.8, 4) is 56.2 Å². The lowest BCUT2D eigenvalue weighted by molar-refractivity contribution is 1.36. The number of hydrogen-bond donors (Lipinski definition) is 0. The van der Waals surface area contributed by atoms with Crippen molar-refractivity contribution in [2.45, 2.75) is 0 Å². The van der Waals surface area contributed by atoms with E-state index in [0.29, 0.717) is 0 Å². The van der Waals surface area contributed by atoms with Crippen LogP contribution in [0.4, 0.5) is 0 Å². The molecule has 0 saturated heterocycles. The van der Waals surface area contributed by atoms with Crippen molar-refractivity contribution in [3.05, 3.63) is 206 Å². The zero-order chi connectivity index (χ0) is 40.7. The summed E-state index contributed by atoms with van der Waals surface area (Å²) in [6.45, 7) is 0. The highest BCUT2D eigenvalue weighted by Crippen LogP contribution is 2.40. The number of hydrogen-bond acceptors (Lipinski definition) is 4. The van der Waals surface area contributed by atoms with E-state index in [1.165, 1.54) is 37.9 Å². The molecule has 286 valence electrons. The molecule has 4 heteroatoms. The molecule has 13 aromatic rings. The van der Waals surface area contributed by atoms with Crippen LogP contribution in [0.25, 0.3) is 132 Å². The molecule has 0 unspecified atom stereocenters. The highest BCUT2D eigenvalue weighted by Gasteiger charge is 2.14. The standard InChI is InChI=1S/C58H34N4/c1-2-5-35(6-3-1)50-31-25-43-17-18-44-26-32-51(62-58(44)57(43)61-50)37-11-9-36(10-12-37)49-29-23-39-14-20-46(34-54(39)59-49)52-30-24-38-13-19-45(33-53(38)60-52)47-27-21-42-16-15-40-7-4-8-41-22-28-48(47)56(42)55(40)41/h1-34H. The normalized spacial score (nSPS) is 11.9. The predicted octanol–water partition coefficient (Wildman–Crippen LogP) is 15.1. The van der Waals surface area contributed by atoms with Gasteiger partial charge in [0.15, 0.2) is 0 Å². The lowest BCUT2D eigenvalue weighted by Crippen LogP contribution is -1.91. The lowest BCUT2D eigenvalue weighted by atomic mass is 9.89. The predicted molar refractivity (Wildman–Crippen MR) is 259 cm³/mol. The summed E-state index contributed by atoms with van der Waals surface area (Å²) in [6.07, 6.45) is 0. The molecule has 0 radical (unpaired) electrons. The smallest absolute Gasteiger partial charge is 0.0972 e. The molecule has 0 N–H and O–H groups in total. The van der Waals surface area contributed by atoms with Crippen LogP contribution in [-0.2, 0) is 0 Å². The van der Waals surface area contributed by atoms with Crippen molar-refractivity contribution in [2.75, 3.05) is 0 Å². The van der Waals surface area contributed by atoms with Gasteiger partial charge in [0.05, 0.1) is 44.8 Å². The van der Waals surface area contributed by atoms with Crippen molar-refractivity contribution < 1.29 is 0 Å². The summed E-state index contributed by atoms with van der Waals surface area (Å²) in [5, 5.41) is 12.1. The van der Waals surface area contributed by atoms with Gasteiger partial charge in [-0.1, -0.05) is 170 Å². The van der Waals surface area contributed by atoms with Crippen molar-refractivity contribution in [3.63, 3.8) is 0 Å². The molecule has 4 aromatic heterocycles. The van der Waals surface area contributed by atoms with E-state index in [2.05, 4.69) is 188 Å². The Morgan fingerprint density at radius 2 is 0.661 bits per heavy atom. The highest BCUT2D eigenvalue weighted by molar-refractivity contribution is 6.25. The average Bonchev–Trinajstić information content (AvgIpc) is 3.35. The number of aromatic nitrogens is 4. The van der Waals surface area contributed by atoms with Crippen molar-refractivity contribution in [1.82, 2.24) is 19.9 Å². The van der Waals surface area contributed by atoms with Gasteiger partial charge in [-0.2, -0.15) is 0 Å². The van der Waals surface area contributed by atoms with Gasteiger partial charge in [0, 0.05) is 43.8 Å². The Morgan fingerprint density at radius 3 is 1.29 bits per heavy atom. The van der Waals surface area contributed by atoms with Gasteiger partial charge < -0.3 is 0 Å². The quantitative estimate of drug-likeness (QED) is 0.163. The van der Waals surface area contributed by atoms with Crippen LogP contribution in [0.2, 0.25) is 0 Å². The minimum atomic E-state index is 0.902. The Kier molecular flexibility index (Phi) is 7.57. The molecular weight excluding hydrogens is 753 g/mol. The molecule has 0 aliphatic carbocycles. The Morgan fingerprint density at radius 1 is 0.242 bits per heavy atom. The molecule has 4 heterocycles. The maximum Gasteiger partial charge on any atom is 0.0972 e. The fraction of sp³-hybridized carbons (Fsp3) is 0. The largest absolute Gasteiger partial charge is 0.248 e. The summed E-state index contributed by atoms with van der Waals surface area (Å²) in [7, 11) is 0. The van der Waals surface area contributed by atoms with Crippen LogP contribution in [0.3, 0.4) is 0 Å². The number of rotatable bonds is 5. The van der Waals surface area contributed by atoms with Crippen LogP contribution in [0.15, 0.2) is 206 Å². The summed E-state index contributed by atoms with van der Waals surface area (Å²) < 4.78 is 0. The lowest BCUT2D eigenvalue weighted by Gasteiger charge is -2.14. The zero-order valence-corrected chi connectivity index (χ0v) is 33.4. The Hall–Kier alpha value is -8.34. The zero-order valence-electron chi connectivity index (χ0n) is 33.4. The van der Waals surface area contributed by atoms with Gasteiger partial charge in [-0.15, -0.1) is 0 Å². The Bertz CT molecular complexity index is 3900. The molecule has 0 amide bonds. The van der Waals surface area contributed by atoms with E-state index >= 15 is 0 Å². The van der Waals surface area contributed by atoms with E-state index in [1.54, 1.807) is 0 Å². The van der Waals surface area contributed by atoms with Crippen LogP contribution >= 0.6 is 0 Å². The van der Waals surface area contributed by atoms with Gasteiger partial charge in [0.25, 0.3) is 0 Å². The number of pyridine rings is 4. The van der Waals surface area contributed by atoms with Gasteiger partial charge in [-0.3, -0.25) is 0 Å². The Balaban J connectivity index is 0.821. The first-order valence-corrected chi connectivity index (χ1v) is 21.0. The van der Waals surface area contributed by atoms with E-state index in [1.807, 2.05) is 18.2 Å². The third kappa shape index (κ3) is 5.62. The maximum absolute atomic E-state index is 5.24. The second-order valence-corrected chi connectivity index (χ2v) is 16.2. The van der Waals surface area contributed by atoms with E-state index in [4.69, 9.17) is 19.9 Å². The monoisotopic (exact) mass is 786 g/mol. The molecule has 0 saturated carbocycles. The van der Waals surface area contributed by atoms with E-state index in [-0.39, 0.29) is 0 Å². The van der Waals surface area contributed by atoms with Crippen LogP contribution in [-0.4, -0.2) is 19.9 Å². The molecule has 62 heavy (non-hydrogen) atoms. The van der Waals surface area contributed by atoms with Crippen molar-refractivity contribution in [1.29, 1.82) is 0 Å². The first kappa shape index (κ1) is 34.5. The van der Waals surface area contributed by atoms with E-state index in [0.717, 1.165) is 94.2 Å². The molecule has 0 atom stereocenters. The third-order valence-corrected chi connectivity index (χ3v) is 12.6. The number of benzene rings is 9. The molecule has 0 aliphatic heterocycles. The number of fused-ring (bicyclic) bond motifs is 5. The topological polar surface area (TPSA) is 51.6 Å². The highest BCUT2D eigenvalue weighted by atomic mass is 14.8. The number of nitrogens with zero attached hydrogens (tertiary/aromatic N) is 4. The van der Waals surface area contributed by atoms with Crippen molar-refractivity contribution >= 4 is 75.9 Å². The molecule has 0 spiro atoms. The molecule has 9 aromatic carbocycles. The van der Waals surface area contributed by atoms with Gasteiger partial charge in [-0.05, 0) is 79.8 Å². The van der Waals surface area contributed by atoms with E-state index in [9.17, 15) is 0 Å². The molecule has 4 nitrogen and oxygen atoms in total. The second-order valence-electron chi connectivity index (χ2n) is 16.2. The van der Waals surface area contributed by atoms with Gasteiger partial charge in [0.2, 0.25) is 0 Å². The van der Waals surface area contributed by atoms with E-state index < -0.39 is 0 Å². The fourth-order valence-corrected chi connectivity index (χ4v) is 9.38. The summed E-state index contributed by atoms with van der Waals surface area (Å²) in [6, 6.07) is 73.3. The molecule has 0 aliphatic rings. The fourth-order valence-electron chi connectivity index (χ4n) is 9.38. The van der Waals surface area contributed by atoms with Gasteiger partial charge in [0.1, 0.15) is 0 Å². The minimum Gasteiger partial charge on any atom is -0.248 e. The summed E-state index contributed by atoms with van der Waals surface area (Å²) >= 11 is 0. The van der Waals surface area contributed by atoms with Crippen LogP contribution < -0.4 is 0 Å². The van der Waals surface area contributed by atoms with Crippen LogP contribution in [0.5, 0.6) is 0 Å². The third-order valence-electron chi connectivity index (χ3n) is 12.6. The first-order chi connectivity index (χ1) is 30.7. The first-order valence-electron chi connectivity index (χ1n) is 21.0. The van der Waals surface area contributed by atoms with Crippen LogP contribution in [0.1, 0.15) is 0 Å². The minimum absolute atomic E-state index is 0.902. The Labute approximate surface area is 356 Å². The van der Waals surface area contributed by atoms with Gasteiger partial charge in [-0.25, -0.2) is 19.9 Å². The summed E-state index contributed by atoms with van der Waals surface area (Å²) in [4.78, 5) is 20.7. The maximum atomic E-state index is 5.24. The summed E-state index contributed by atoms with van der Waals surface area (Å²) in [5.41, 5.74) is 14.0. The SMILES string of the molecule is c1ccc(-c2ccc3ccc4ccc(-c5ccc(-c6ccc7ccc(-c8ccc9ccc(-c%10ccc%11ccc%12cccc%13ccc%10c%11c%12%13)cc9n8)cc7n6)cc5)nc4c3n2)cc1. The molecule has 0 bridgehead atoms. The molecular formula is C58H34N4. The molecule has 13 rings (SSSR count). The second kappa shape index (κ2) is 13.6. The van der Waals surface area contributed by atoms with Crippen LogP contribution in [0, 0.1) is 0 Å². The van der Waals surface area contributed by atoms with Gasteiger partial charge >= 0.3 is 0 Å². The summed E-state index contributed by atoms with van der Waals surface area (Å²) in [5.74, 6) is 0. The average molecular weight is 787 g/mol. The van der Waals surface area contributed by atoms with Crippen molar-refractivity contribution in [2.24, 2.45) is 0 Å². The molecule has 0 fully saturated rings.